The summed E-state index contributed by atoms with van der Waals surface area (Å²) in [4.78, 5) is 11.4. The van der Waals surface area contributed by atoms with Crippen LogP contribution >= 0.6 is 0 Å². The molecule has 3 aromatic rings. The van der Waals surface area contributed by atoms with E-state index in [1.807, 2.05) is 66.7 Å². The Bertz CT molecular complexity index is 896. The molecule has 0 heterocycles. The van der Waals surface area contributed by atoms with Gasteiger partial charge in [0.05, 0.1) is 0 Å². The number of carboxylic acid groups (broad SMARTS) is 1. The highest BCUT2D eigenvalue weighted by atomic mass is 16.4. The van der Waals surface area contributed by atoms with Crippen LogP contribution in [-0.2, 0) is 0 Å². The number of aromatic carboxylic acids is 1. The van der Waals surface area contributed by atoms with E-state index < -0.39 is 5.97 Å². The van der Waals surface area contributed by atoms with Gasteiger partial charge < -0.3 is 10.2 Å². The molecule has 0 atom stereocenters. The van der Waals surface area contributed by atoms with Crippen molar-refractivity contribution in [2.24, 2.45) is 0 Å². The topological polar surface area (TPSA) is 57.5 Å². The van der Waals surface area contributed by atoms with Gasteiger partial charge in [-0.15, -0.1) is 0 Å². The van der Waals surface area contributed by atoms with Gasteiger partial charge in [-0.25, -0.2) is 4.79 Å². The molecule has 0 saturated carbocycles. The molecule has 0 amide bonds. The maximum Gasteiger partial charge on any atom is 0.340 e. The van der Waals surface area contributed by atoms with Crippen LogP contribution in [0.5, 0.6) is 5.75 Å². The molecule has 3 aromatic carbocycles. The van der Waals surface area contributed by atoms with Crippen molar-refractivity contribution in [1.29, 1.82) is 0 Å². The summed E-state index contributed by atoms with van der Waals surface area (Å²) in [6, 6.07) is 22.2. The van der Waals surface area contributed by atoms with Gasteiger partial charge in [0.1, 0.15) is 11.3 Å². The first-order valence-electron chi connectivity index (χ1n) is 7.54. The van der Waals surface area contributed by atoms with Gasteiger partial charge >= 0.3 is 5.97 Å². The fourth-order valence-corrected chi connectivity index (χ4v) is 2.57. The van der Waals surface area contributed by atoms with Crippen molar-refractivity contribution in [2.75, 3.05) is 0 Å². The molecule has 0 bridgehead atoms. The summed E-state index contributed by atoms with van der Waals surface area (Å²) in [6.07, 6.45) is 3.97. The Hall–Kier alpha value is -3.33. The Morgan fingerprint density at radius 2 is 1.46 bits per heavy atom. The first kappa shape index (κ1) is 15.6. The van der Waals surface area contributed by atoms with Crippen molar-refractivity contribution in [3.05, 3.63) is 89.5 Å². The number of hydrogen-bond donors (Lipinski definition) is 2. The lowest BCUT2D eigenvalue weighted by Crippen LogP contribution is -2.00. The minimum Gasteiger partial charge on any atom is -0.507 e. The number of benzene rings is 3. The third-order valence-corrected chi connectivity index (χ3v) is 3.72. The summed E-state index contributed by atoms with van der Waals surface area (Å²) < 4.78 is 0. The Morgan fingerprint density at radius 3 is 2.21 bits per heavy atom. The fraction of sp³-hybridized carbons (Fsp3) is 0. The van der Waals surface area contributed by atoms with E-state index in [1.54, 1.807) is 12.1 Å². The van der Waals surface area contributed by atoms with Gasteiger partial charge in [-0.3, -0.25) is 0 Å². The molecular formula is C21H16O3. The Kier molecular flexibility index (Phi) is 4.43. The summed E-state index contributed by atoms with van der Waals surface area (Å²) >= 11 is 0. The van der Waals surface area contributed by atoms with E-state index in [0.717, 1.165) is 16.7 Å². The molecule has 3 rings (SSSR count). The molecule has 0 radical (unpaired) electrons. The highest BCUT2D eigenvalue weighted by Crippen LogP contribution is 2.30. The van der Waals surface area contributed by atoms with Crippen LogP contribution in [0.2, 0.25) is 0 Å². The lowest BCUT2D eigenvalue weighted by atomic mass is 9.97. The summed E-state index contributed by atoms with van der Waals surface area (Å²) in [6.45, 7) is 0. The maximum atomic E-state index is 11.4. The van der Waals surface area contributed by atoms with Crippen molar-refractivity contribution in [1.82, 2.24) is 0 Å². The van der Waals surface area contributed by atoms with E-state index in [9.17, 15) is 15.0 Å². The van der Waals surface area contributed by atoms with Gasteiger partial charge in [0.2, 0.25) is 0 Å². The van der Waals surface area contributed by atoms with E-state index in [1.165, 1.54) is 6.07 Å². The third-order valence-electron chi connectivity index (χ3n) is 3.72. The van der Waals surface area contributed by atoms with Crippen molar-refractivity contribution in [3.8, 4) is 16.9 Å². The highest BCUT2D eigenvalue weighted by molar-refractivity contribution is 5.99. The summed E-state index contributed by atoms with van der Waals surface area (Å²) in [5.41, 5.74) is 3.21. The average molecular weight is 316 g/mol. The standard InChI is InChI=1S/C21H16O3/c22-19-11-5-10-18(20(19)21(23)24)17-9-4-8-16(14-17)13-12-15-6-2-1-3-7-15/h1-14,22H,(H,23,24). The number of phenols is 1. The number of carbonyl (C=O) groups is 1. The molecule has 0 unspecified atom stereocenters. The molecule has 24 heavy (non-hydrogen) atoms. The smallest absolute Gasteiger partial charge is 0.340 e. The quantitative estimate of drug-likeness (QED) is 0.671. The largest absolute Gasteiger partial charge is 0.507 e. The van der Waals surface area contributed by atoms with Crippen LogP contribution in [0.1, 0.15) is 21.5 Å². The van der Waals surface area contributed by atoms with Crippen LogP contribution in [0.25, 0.3) is 23.3 Å². The molecule has 2 N–H and O–H groups in total. The van der Waals surface area contributed by atoms with Gasteiger partial charge in [0.15, 0.2) is 0 Å². The Labute approximate surface area is 140 Å². The number of hydrogen-bond acceptors (Lipinski definition) is 2. The van der Waals surface area contributed by atoms with Gasteiger partial charge in [0.25, 0.3) is 0 Å². The maximum absolute atomic E-state index is 11.4. The molecule has 118 valence electrons. The van der Waals surface area contributed by atoms with E-state index in [4.69, 9.17) is 0 Å². The second-order valence-electron chi connectivity index (χ2n) is 5.37. The van der Waals surface area contributed by atoms with Crippen molar-refractivity contribution < 1.29 is 15.0 Å². The average Bonchev–Trinajstić information content (AvgIpc) is 2.60. The molecule has 3 nitrogen and oxygen atoms in total. The van der Waals surface area contributed by atoms with E-state index >= 15 is 0 Å². The molecule has 0 saturated heterocycles. The predicted molar refractivity (Wildman–Crippen MR) is 95.9 cm³/mol. The van der Waals surface area contributed by atoms with Gasteiger partial charge in [-0.05, 0) is 34.4 Å². The number of carboxylic acids is 1. The molecule has 0 fully saturated rings. The first-order valence-corrected chi connectivity index (χ1v) is 7.54. The van der Waals surface area contributed by atoms with Gasteiger partial charge in [-0.2, -0.15) is 0 Å². The molecule has 0 spiro atoms. The zero-order valence-corrected chi connectivity index (χ0v) is 12.9. The van der Waals surface area contributed by atoms with Crippen molar-refractivity contribution >= 4 is 18.1 Å². The minimum absolute atomic E-state index is 0.0818. The van der Waals surface area contributed by atoms with Crippen LogP contribution in [-0.4, -0.2) is 16.2 Å². The van der Waals surface area contributed by atoms with Crippen molar-refractivity contribution in [3.63, 3.8) is 0 Å². The van der Waals surface area contributed by atoms with E-state index in [-0.39, 0.29) is 11.3 Å². The third kappa shape index (κ3) is 3.36. The fourth-order valence-electron chi connectivity index (χ4n) is 2.57. The summed E-state index contributed by atoms with van der Waals surface area (Å²) in [5.74, 6) is -1.38. The SMILES string of the molecule is O=C(O)c1c(O)cccc1-c1cccc(C=Cc2ccccc2)c1. The Balaban J connectivity index is 1.99. The normalized spacial score (nSPS) is 10.8. The summed E-state index contributed by atoms with van der Waals surface area (Å²) in [7, 11) is 0. The molecule has 0 aliphatic heterocycles. The molecular weight excluding hydrogens is 300 g/mol. The second-order valence-corrected chi connectivity index (χ2v) is 5.37. The Morgan fingerprint density at radius 1 is 0.792 bits per heavy atom. The lowest BCUT2D eigenvalue weighted by Gasteiger charge is -2.09. The minimum atomic E-state index is -1.15. The monoisotopic (exact) mass is 316 g/mol. The predicted octanol–water partition coefficient (Wildman–Crippen LogP) is 4.93. The van der Waals surface area contributed by atoms with Crippen LogP contribution in [0.4, 0.5) is 0 Å². The van der Waals surface area contributed by atoms with Gasteiger partial charge in [-0.1, -0.05) is 72.8 Å². The van der Waals surface area contributed by atoms with Crippen LogP contribution in [0.15, 0.2) is 72.8 Å². The second kappa shape index (κ2) is 6.84. The lowest BCUT2D eigenvalue weighted by molar-refractivity contribution is 0.0694. The number of rotatable bonds is 4. The van der Waals surface area contributed by atoms with Crippen LogP contribution in [0, 0.1) is 0 Å². The number of aromatic hydroxyl groups is 1. The molecule has 3 heteroatoms. The van der Waals surface area contributed by atoms with E-state index in [2.05, 4.69) is 0 Å². The van der Waals surface area contributed by atoms with Gasteiger partial charge in [0, 0.05) is 0 Å². The van der Waals surface area contributed by atoms with E-state index in [0.29, 0.717) is 5.56 Å². The van der Waals surface area contributed by atoms with Crippen LogP contribution < -0.4 is 0 Å². The zero-order chi connectivity index (χ0) is 16.9. The molecule has 0 aliphatic rings. The van der Waals surface area contributed by atoms with Crippen molar-refractivity contribution in [2.45, 2.75) is 0 Å². The zero-order valence-electron chi connectivity index (χ0n) is 12.9. The van der Waals surface area contributed by atoms with Crippen LogP contribution in [0.3, 0.4) is 0 Å². The summed E-state index contributed by atoms with van der Waals surface area (Å²) in [5, 5.41) is 19.2. The highest BCUT2D eigenvalue weighted by Gasteiger charge is 2.16. The molecule has 0 aromatic heterocycles. The first-order chi connectivity index (χ1) is 11.6. The molecule has 0 aliphatic carbocycles.